The molecule has 0 aromatic carbocycles. The summed E-state index contributed by atoms with van der Waals surface area (Å²) in [6.45, 7) is 0. The zero-order valence-electron chi connectivity index (χ0n) is 13.7. The van der Waals surface area contributed by atoms with Crippen LogP contribution < -0.4 is 0 Å². The standard InChI is InChI=1S/C18H30O4/c19-17-13-9-3-1-2-6-10-15(21-17)11-7-4-5-8-12-16-14-18(20)22-16/h15-16H,1-14H2. The molecule has 2 aliphatic heterocycles. The van der Waals surface area contributed by atoms with Crippen molar-refractivity contribution >= 4 is 11.9 Å². The van der Waals surface area contributed by atoms with Crippen molar-refractivity contribution in [2.45, 2.75) is 102 Å². The maximum absolute atomic E-state index is 11.7. The summed E-state index contributed by atoms with van der Waals surface area (Å²) in [5.74, 6) is -0.0542. The predicted molar refractivity (Wildman–Crippen MR) is 84.4 cm³/mol. The summed E-state index contributed by atoms with van der Waals surface area (Å²) < 4.78 is 10.6. The highest BCUT2D eigenvalue weighted by molar-refractivity contribution is 5.75. The Hall–Kier alpha value is -1.06. The van der Waals surface area contributed by atoms with Gasteiger partial charge in [0.15, 0.2) is 0 Å². The molecule has 2 saturated heterocycles. The Morgan fingerprint density at radius 2 is 1.36 bits per heavy atom. The van der Waals surface area contributed by atoms with Gasteiger partial charge in [0.1, 0.15) is 12.2 Å². The zero-order chi connectivity index (χ0) is 15.6. The van der Waals surface area contributed by atoms with E-state index in [0.717, 1.165) is 44.9 Å². The van der Waals surface area contributed by atoms with Gasteiger partial charge in [-0.2, -0.15) is 0 Å². The van der Waals surface area contributed by atoms with Crippen LogP contribution in [0.25, 0.3) is 0 Å². The lowest BCUT2D eigenvalue weighted by Crippen LogP contribution is -2.32. The lowest BCUT2D eigenvalue weighted by molar-refractivity contribution is -0.170. The number of unbranched alkanes of at least 4 members (excludes halogenated alkanes) is 3. The fourth-order valence-corrected chi connectivity index (χ4v) is 3.30. The quantitative estimate of drug-likeness (QED) is 0.519. The van der Waals surface area contributed by atoms with Gasteiger partial charge in [0.2, 0.25) is 0 Å². The number of esters is 2. The van der Waals surface area contributed by atoms with Crippen molar-refractivity contribution in [3.05, 3.63) is 0 Å². The number of carbonyl (C=O) groups excluding carboxylic acids is 2. The second-order valence-electron chi connectivity index (χ2n) is 6.73. The molecule has 0 spiro atoms. The van der Waals surface area contributed by atoms with E-state index in [2.05, 4.69) is 0 Å². The van der Waals surface area contributed by atoms with Crippen molar-refractivity contribution < 1.29 is 19.1 Å². The molecular formula is C18H30O4. The molecule has 4 heteroatoms. The average Bonchev–Trinajstić information content (AvgIpc) is 2.47. The van der Waals surface area contributed by atoms with E-state index in [1.807, 2.05) is 0 Å². The Morgan fingerprint density at radius 3 is 2.09 bits per heavy atom. The molecular weight excluding hydrogens is 280 g/mol. The number of cyclic esters (lactones) is 2. The molecule has 0 aliphatic carbocycles. The monoisotopic (exact) mass is 310 g/mol. The molecule has 2 heterocycles. The molecule has 0 bridgehead atoms. The third-order valence-corrected chi connectivity index (χ3v) is 4.70. The summed E-state index contributed by atoms with van der Waals surface area (Å²) >= 11 is 0. The summed E-state index contributed by atoms with van der Waals surface area (Å²) in [5.41, 5.74) is 0. The van der Waals surface area contributed by atoms with Crippen LogP contribution in [0, 0.1) is 0 Å². The first-order valence-electron chi connectivity index (χ1n) is 9.13. The van der Waals surface area contributed by atoms with Crippen molar-refractivity contribution in [1.82, 2.24) is 0 Å². The van der Waals surface area contributed by atoms with Crippen LogP contribution in [0.5, 0.6) is 0 Å². The van der Waals surface area contributed by atoms with E-state index in [-0.39, 0.29) is 24.1 Å². The molecule has 0 N–H and O–H groups in total. The lowest BCUT2D eigenvalue weighted by atomic mass is 10.00. The number of carbonyl (C=O) groups is 2. The SMILES string of the molecule is O=C1CCCCCCCC(CCCCCCC2CC(=O)O2)O1. The fraction of sp³-hybridized carbons (Fsp3) is 0.889. The van der Waals surface area contributed by atoms with E-state index < -0.39 is 0 Å². The number of rotatable bonds is 7. The molecule has 0 amide bonds. The van der Waals surface area contributed by atoms with Crippen LogP contribution in [0.2, 0.25) is 0 Å². The molecule has 0 aromatic heterocycles. The zero-order valence-corrected chi connectivity index (χ0v) is 13.7. The summed E-state index contributed by atoms with van der Waals surface area (Å²) in [6, 6.07) is 0. The van der Waals surface area contributed by atoms with Gasteiger partial charge in [-0.1, -0.05) is 32.1 Å². The van der Waals surface area contributed by atoms with Gasteiger partial charge in [0, 0.05) is 6.42 Å². The van der Waals surface area contributed by atoms with Gasteiger partial charge in [-0.05, 0) is 44.9 Å². The molecule has 4 nitrogen and oxygen atoms in total. The summed E-state index contributed by atoms with van der Waals surface area (Å²) in [4.78, 5) is 22.4. The van der Waals surface area contributed by atoms with Gasteiger partial charge in [-0.15, -0.1) is 0 Å². The van der Waals surface area contributed by atoms with E-state index >= 15 is 0 Å². The van der Waals surface area contributed by atoms with E-state index in [4.69, 9.17) is 9.47 Å². The first-order valence-corrected chi connectivity index (χ1v) is 9.13. The van der Waals surface area contributed by atoms with Gasteiger partial charge >= 0.3 is 11.9 Å². The van der Waals surface area contributed by atoms with Crippen molar-refractivity contribution in [3.8, 4) is 0 Å². The molecule has 2 rings (SSSR count). The Bertz CT molecular complexity index is 345. The molecule has 0 saturated carbocycles. The van der Waals surface area contributed by atoms with Gasteiger partial charge in [0.05, 0.1) is 6.42 Å². The van der Waals surface area contributed by atoms with Crippen LogP contribution in [-0.2, 0) is 19.1 Å². The number of hydrogen-bond donors (Lipinski definition) is 0. The minimum Gasteiger partial charge on any atom is -0.462 e. The smallest absolute Gasteiger partial charge is 0.309 e. The lowest BCUT2D eigenvalue weighted by Gasteiger charge is -2.25. The highest BCUT2D eigenvalue weighted by Crippen LogP contribution is 2.21. The minimum absolute atomic E-state index is 0.00120. The highest BCUT2D eigenvalue weighted by atomic mass is 16.6. The Labute approximate surface area is 133 Å². The van der Waals surface area contributed by atoms with E-state index in [1.54, 1.807) is 0 Å². The van der Waals surface area contributed by atoms with Gasteiger partial charge in [0.25, 0.3) is 0 Å². The normalized spacial score (nSPS) is 26.7. The number of hydrogen-bond acceptors (Lipinski definition) is 4. The highest BCUT2D eigenvalue weighted by Gasteiger charge is 2.27. The van der Waals surface area contributed by atoms with Crippen molar-refractivity contribution in [3.63, 3.8) is 0 Å². The van der Waals surface area contributed by atoms with Crippen LogP contribution in [0.15, 0.2) is 0 Å². The van der Waals surface area contributed by atoms with Crippen LogP contribution in [0.4, 0.5) is 0 Å². The first kappa shape index (κ1) is 17.3. The van der Waals surface area contributed by atoms with E-state index in [0.29, 0.717) is 12.8 Å². The van der Waals surface area contributed by atoms with E-state index in [9.17, 15) is 9.59 Å². The van der Waals surface area contributed by atoms with Crippen LogP contribution in [0.1, 0.15) is 89.9 Å². The van der Waals surface area contributed by atoms with E-state index in [1.165, 1.54) is 32.1 Å². The van der Waals surface area contributed by atoms with Gasteiger partial charge < -0.3 is 9.47 Å². The third kappa shape index (κ3) is 6.80. The van der Waals surface area contributed by atoms with Gasteiger partial charge in [-0.3, -0.25) is 9.59 Å². The molecule has 2 atom stereocenters. The molecule has 2 unspecified atom stereocenters. The van der Waals surface area contributed by atoms with Crippen molar-refractivity contribution in [1.29, 1.82) is 0 Å². The third-order valence-electron chi connectivity index (χ3n) is 4.70. The summed E-state index contributed by atoms with van der Waals surface area (Å²) in [6.07, 6.45) is 15.0. The molecule has 2 fully saturated rings. The predicted octanol–water partition coefficient (Wildman–Crippen LogP) is 4.30. The first-order chi connectivity index (χ1) is 10.7. The van der Waals surface area contributed by atoms with Crippen LogP contribution in [0.3, 0.4) is 0 Å². The van der Waals surface area contributed by atoms with Crippen LogP contribution in [-0.4, -0.2) is 24.1 Å². The largest absolute Gasteiger partial charge is 0.462 e. The maximum Gasteiger partial charge on any atom is 0.309 e. The Balaban J connectivity index is 1.51. The molecule has 2 aliphatic rings. The molecule has 0 radical (unpaired) electrons. The Morgan fingerprint density at radius 1 is 0.727 bits per heavy atom. The van der Waals surface area contributed by atoms with Crippen molar-refractivity contribution in [2.75, 3.05) is 0 Å². The second kappa shape index (κ2) is 9.86. The van der Waals surface area contributed by atoms with Crippen LogP contribution >= 0.6 is 0 Å². The van der Waals surface area contributed by atoms with Crippen molar-refractivity contribution in [2.24, 2.45) is 0 Å². The topological polar surface area (TPSA) is 52.6 Å². The maximum atomic E-state index is 11.7. The second-order valence-corrected chi connectivity index (χ2v) is 6.73. The van der Waals surface area contributed by atoms with Gasteiger partial charge in [-0.25, -0.2) is 0 Å². The minimum atomic E-state index is -0.0529. The summed E-state index contributed by atoms with van der Waals surface area (Å²) in [5, 5.41) is 0. The molecule has 0 aromatic rings. The Kier molecular flexibility index (Phi) is 7.75. The summed E-state index contributed by atoms with van der Waals surface area (Å²) in [7, 11) is 0. The number of ether oxygens (including phenoxy) is 2. The average molecular weight is 310 g/mol. The molecule has 126 valence electrons. The molecule has 22 heavy (non-hydrogen) atoms. The fourth-order valence-electron chi connectivity index (χ4n) is 3.30.